The van der Waals surface area contributed by atoms with E-state index in [1.54, 1.807) is 42.9 Å². The Bertz CT molecular complexity index is 1230. The molecular formula is C24H22N4O5. The minimum absolute atomic E-state index is 0.177. The SMILES string of the molecule is Cc1ccc(C([O-])=C2C(=O)C(=O)N(CCC[n+]3cc[nH]c3)C2c2cccc([N+](=O)[O-])c2)cc1. The molecule has 2 heterocycles. The van der Waals surface area contributed by atoms with Gasteiger partial charge in [-0.2, -0.15) is 0 Å². The van der Waals surface area contributed by atoms with Gasteiger partial charge in [-0.3, -0.25) is 24.7 Å². The minimum Gasteiger partial charge on any atom is -0.872 e. The molecule has 0 bridgehead atoms. The molecule has 1 amide bonds. The fourth-order valence-corrected chi connectivity index (χ4v) is 4.00. The van der Waals surface area contributed by atoms with Crippen molar-refractivity contribution >= 4 is 23.1 Å². The van der Waals surface area contributed by atoms with E-state index in [0.29, 0.717) is 18.5 Å². The second-order valence-electron chi connectivity index (χ2n) is 7.89. The molecule has 33 heavy (non-hydrogen) atoms. The molecule has 1 atom stereocenters. The van der Waals surface area contributed by atoms with E-state index in [2.05, 4.69) is 4.98 Å². The number of nitro groups is 1. The van der Waals surface area contributed by atoms with E-state index < -0.39 is 28.4 Å². The normalized spacial score (nSPS) is 17.5. The van der Waals surface area contributed by atoms with Gasteiger partial charge < -0.3 is 10.0 Å². The Morgan fingerprint density at radius 3 is 2.61 bits per heavy atom. The number of nitro benzene ring substituents is 1. The molecule has 0 radical (unpaired) electrons. The van der Waals surface area contributed by atoms with Crippen molar-refractivity contribution in [2.75, 3.05) is 6.54 Å². The van der Waals surface area contributed by atoms with Gasteiger partial charge in [0.1, 0.15) is 12.4 Å². The Labute approximate surface area is 189 Å². The summed E-state index contributed by atoms with van der Waals surface area (Å²) in [4.78, 5) is 41.0. The number of hydrogen-bond acceptors (Lipinski definition) is 5. The lowest BCUT2D eigenvalue weighted by atomic mass is 9.94. The van der Waals surface area contributed by atoms with Crippen molar-refractivity contribution in [3.05, 3.63) is 99.6 Å². The van der Waals surface area contributed by atoms with E-state index in [1.165, 1.54) is 23.1 Å². The average molecular weight is 446 g/mol. The first kappa shape index (κ1) is 21.9. The van der Waals surface area contributed by atoms with Crippen LogP contribution in [0.1, 0.15) is 29.2 Å². The van der Waals surface area contributed by atoms with Crippen LogP contribution in [0.3, 0.4) is 0 Å². The standard InChI is InChI=1S/C24H22N4O5/c1-16-6-8-17(9-7-16)22(29)20-21(18-4-2-5-19(14-18)28(32)33)27(24(31)23(20)30)12-3-11-26-13-10-25-15-26/h2,4-10,13-15,21H,3,11-12H2,1H3,(H,29,30). The van der Waals surface area contributed by atoms with Gasteiger partial charge in [-0.25, -0.2) is 4.57 Å². The third kappa shape index (κ3) is 4.38. The highest BCUT2D eigenvalue weighted by Crippen LogP contribution is 2.39. The van der Waals surface area contributed by atoms with E-state index in [1.807, 2.05) is 17.7 Å². The number of aromatic amines is 1. The summed E-state index contributed by atoms with van der Waals surface area (Å²) in [5.74, 6) is -2.19. The third-order valence-electron chi connectivity index (χ3n) is 5.66. The Balaban J connectivity index is 1.76. The van der Waals surface area contributed by atoms with Gasteiger partial charge in [-0.05, 0) is 18.1 Å². The van der Waals surface area contributed by atoms with Crippen molar-refractivity contribution in [3.8, 4) is 0 Å². The fourth-order valence-electron chi connectivity index (χ4n) is 4.00. The zero-order chi connectivity index (χ0) is 23.5. The highest BCUT2D eigenvalue weighted by Gasteiger charge is 2.44. The number of aryl methyl sites for hydroxylation is 2. The van der Waals surface area contributed by atoms with Crippen LogP contribution in [-0.2, 0) is 16.1 Å². The van der Waals surface area contributed by atoms with Crippen LogP contribution < -0.4 is 9.67 Å². The number of nitrogens with zero attached hydrogens (tertiary/aromatic N) is 3. The molecule has 9 nitrogen and oxygen atoms in total. The number of benzene rings is 2. The van der Waals surface area contributed by atoms with E-state index >= 15 is 0 Å². The number of aromatic nitrogens is 2. The van der Waals surface area contributed by atoms with Gasteiger partial charge in [-0.1, -0.05) is 47.7 Å². The number of imidazole rings is 1. The van der Waals surface area contributed by atoms with Crippen LogP contribution in [0.15, 0.2) is 72.8 Å². The molecule has 4 rings (SSSR count). The maximum atomic E-state index is 13.3. The molecule has 3 aromatic rings. The molecule has 2 aromatic carbocycles. The summed E-state index contributed by atoms with van der Waals surface area (Å²) in [6.07, 6.45) is 5.91. The van der Waals surface area contributed by atoms with E-state index in [4.69, 9.17) is 0 Å². The summed E-state index contributed by atoms with van der Waals surface area (Å²) in [6, 6.07) is 11.5. The number of likely N-dealkylation sites (tertiary alicyclic amines) is 1. The van der Waals surface area contributed by atoms with Gasteiger partial charge in [-0.15, -0.1) is 0 Å². The Morgan fingerprint density at radius 1 is 1.18 bits per heavy atom. The van der Waals surface area contributed by atoms with Crippen LogP contribution in [0.2, 0.25) is 0 Å². The van der Waals surface area contributed by atoms with Gasteiger partial charge in [0.2, 0.25) is 12.1 Å². The number of hydrogen-bond donors (Lipinski definition) is 1. The molecule has 1 fully saturated rings. The summed E-state index contributed by atoms with van der Waals surface area (Å²) < 4.78 is 1.90. The predicted molar refractivity (Wildman–Crippen MR) is 116 cm³/mol. The lowest BCUT2D eigenvalue weighted by Gasteiger charge is -2.27. The Kier molecular flexibility index (Phi) is 6.03. The smallest absolute Gasteiger partial charge is 0.295 e. The van der Waals surface area contributed by atoms with Crippen molar-refractivity contribution in [1.82, 2.24) is 9.88 Å². The molecule has 0 saturated carbocycles. The minimum atomic E-state index is -0.991. The lowest BCUT2D eigenvalue weighted by Crippen LogP contribution is -2.36. The number of Topliss-reactive ketones (excluding diaryl/α,β-unsaturated/α-hetero) is 1. The number of ketones is 1. The summed E-state index contributed by atoms with van der Waals surface area (Å²) >= 11 is 0. The summed E-state index contributed by atoms with van der Waals surface area (Å²) in [6.45, 7) is 2.67. The van der Waals surface area contributed by atoms with Gasteiger partial charge in [0.05, 0.1) is 17.5 Å². The number of nitrogens with one attached hydrogen (secondary N) is 1. The number of carbonyl (C=O) groups excluding carboxylic acids is 2. The van der Waals surface area contributed by atoms with Gasteiger partial charge in [0.25, 0.3) is 11.6 Å². The van der Waals surface area contributed by atoms with Gasteiger partial charge in [0, 0.05) is 30.7 Å². The van der Waals surface area contributed by atoms with Crippen molar-refractivity contribution in [2.45, 2.75) is 25.9 Å². The van der Waals surface area contributed by atoms with Crippen LogP contribution in [0.4, 0.5) is 5.69 Å². The lowest BCUT2D eigenvalue weighted by molar-refractivity contribution is -0.695. The topological polar surface area (TPSA) is 123 Å². The van der Waals surface area contributed by atoms with E-state index in [9.17, 15) is 24.8 Å². The number of rotatable bonds is 7. The fraction of sp³-hybridized carbons (Fsp3) is 0.208. The summed E-state index contributed by atoms with van der Waals surface area (Å²) in [5, 5.41) is 24.7. The van der Waals surface area contributed by atoms with Crippen molar-refractivity contribution < 1.29 is 24.2 Å². The average Bonchev–Trinajstić information content (AvgIpc) is 3.41. The van der Waals surface area contributed by atoms with Crippen molar-refractivity contribution in [2.24, 2.45) is 0 Å². The maximum absolute atomic E-state index is 13.3. The molecule has 1 aromatic heterocycles. The highest BCUT2D eigenvalue weighted by atomic mass is 16.6. The third-order valence-corrected chi connectivity index (χ3v) is 5.66. The van der Waals surface area contributed by atoms with Crippen molar-refractivity contribution in [3.63, 3.8) is 0 Å². The molecular weight excluding hydrogens is 424 g/mol. The van der Waals surface area contributed by atoms with Gasteiger partial charge >= 0.3 is 0 Å². The first-order valence-electron chi connectivity index (χ1n) is 10.5. The first-order valence-corrected chi connectivity index (χ1v) is 10.5. The van der Waals surface area contributed by atoms with E-state index in [-0.39, 0.29) is 23.4 Å². The molecule has 168 valence electrons. The number of H-pyrrole nitrogens is 1. The number of carbonyl (C=O) groups is 2. The monoisotopic (exact) mass is 446 g/mol. The quantitative estimate of drug-likeness (QED) is 0.148. The number of amides is 1. The highest BCUT2D eigenvalue weighted by molar-refractivity contribution is 6.46. The molecule has 1 saturated heterocycles. The molecule has 1 aliphatic heterocycles. The van der Waals surface area contributed by atoms with Gasteiger partial charge in [0.15, 0.2) is 0 Å². The van der Waals surface area contributed by atoms with Crippen molar-refractivity contribution in [1.29, 1.82) is 0 Å². The Hall–Kier alpha value is -4.27. The van der Waals surface area contributed by atoms with Crippen LogP contribution >= 0.6 is 0 Å². The van der Waals surface area contributed by atoms with Crippen LogP contribution in [0, 0.1) is 17.0 Å². The first-order chi connectivity index (χ1) is 15.9. The zero-order valence-electron chi connectivity index (χ0n) is 17.9. The molecule has 1 N–H and O–H groups in total. The summed E-state index contributed by atoms with van der Waals surface area (Å²) in [5.41, 5.74) is 1.23. The van der Waals surface area contributed by atoms with Crippen LogP contribution in [0.5, 0.6) is 0 Å². The largest absolute Gasteiger partial charge is 0.872 e. The molecule has 0 aliphatic carbocycles. The maximum Gasteiger partial charge on any atom is 0.295 e. The second kappa shape index (κ2) is 9.07. The van der Waals surface area contributed by atoms with Crippen LogP contribution in [-0.4, -0.2) is 33.0 Å². The molecule has 1 unspecified atom stereocenters. The molecule has 9 heteroatoms. The Morgan fingerprint density at radius 2 is 1.94 bits per heavy atom. The second-order valence-corrected chi connectivity index (χ2v) is 7.89. The predicted octanol–water partition coefficient (Wildman–Crippen LogP) is 1.83. The molecule has 0 spiro atoms. The number of non-ortho nitro benzene ring substituents is 1. The van der Waals surface area contributed by atoms with Crippen LogP contribution in [0.25, 0.3) is 5.76 Å². The molecule has 1 aliphatic rings. The van der Waals surface area contributed by atoms with E-state index in [0.717, 1.165) is 5.56 Å². The zero-order valence-corrected chi connectivity index (χ0v) is 17.9. The summed E-state index contributed by atoms with van der Waals surface area (Å²) in [7, 11) is 0.